The highest BCUT2D eigenvalue weighted by Gasteiger charge is 2.17. The van der Waals surface area contributed by atoms with Gasteiger partial charge in [-0.2, -0.15) is 0 Å². The number of benzene rings is 2. The highest BCUT2D eigenvalue weighted by Crippen LogP contribution is 2.35. The number of pyridine rings is 1. The molecule has 2 aromatic heterocycles. The van der Waals surface area contributed by atoms with E-state index in [0.717, 1.165) is 28.1 Å². The van der Waals surface area contributed by atoms with Crippen molar-refractivity contribution in [2.45, 2.75) is 0 Å². The lowest BCUT2D eigenvalue weighted by Gasteiger charge is -2.08. The van der Waals surface area contributed by atoms with Gasteiger partial charge in [-0.3, -0.25) is 4.98 Å². The molecule has 2 heterocycles. The quantitative estimate of drug-likeness (QED) is 0.530. The number of hydrogen-bond acceptors (Lipinski definition) is 3. The van der Waals surface area contributed by atoms with Crippen molar-refractivity contribution in [2.24, 2.45) is 0 Å². The van der Waals surface area contributed by atoms with E-state index in [0.29, 0.717) is 5.76 Å². The smallest absolute Gasteiger partial charge is 0.182 e. The van der Waals surface area contributed by atoms with E-state index >= 15 is 0 Å². The maximum absolute atomic E-state index is 5.69. The third-order valence-electron chi connectivity index (χ3n) is 3.72. The maximum atomic E-state index is 5.69. The van der Waals surface area contributed by atoms with Gasteiger partial charge in [0, 0.05) is 17.3 Å². The molecule has 0 aliphatic carbocycles. The first kappa shape index (κ1) is 13.5. The molecule has 0 atom stereocenters. The molecule has 0 unspecified atom stereocenters. The van der Waals surface area contributed by atoms with E-state index in [-0.39, 0.29) is 0 Å². The summed E-state index contributed by atoms with van der Waals surface area (Å²) in [5.41, 5.74) is 4.76. The van der Waals surface area contributed by atoms with Crippen LogP contribution in [0, 0.1) is 0 Å². The van der Waals surface area contributed by atoms with Gasteiger partial charge in [0.2, 0.25) is 0 Å². The van der Waals surface area contributed by atoms with Gasteiger partial charge in [-0.15, -0.1) is 0 Å². The Bertz CT molecular complexity index is 915. The summed E-state index contributed by atoms with van der Waals surface area (Å²) in [6, 6.07) is 24.2. The van der Waals surface area contributed by atoms with Crippen LogP contribution in [0.1, 0.15) is 0 Å². The fourth-order valence-electron chi connectivity index (χ4n) is 2.65. The van der Waals surface area contributed by atoms with Crippen LogP contribution in [0.3, 0.4) is 0 Å². The second-order valence-corrected chi connectivity index (χ2v) is 5.16. The van der Waals surface area contributed by atoms with E-state index in [1.165, 1.54) is 6.39 Å². The van der Waals surface area contributed by atoms with Gasteiger partial charge < -0.3 is 4.42 Å². The number of rotatable bonds is 3. The molecule has 3 heteroatoms. The summed E-state index contributed by atoms with van der Waals surface area (Å²) < 4.78 is 5.69. The first-order chi connectivity index (χ1) is 11.4. The van der Waals surface area contributed by atoms with Crippen LogP contribution in [0.25, 0.3) is 33.8 Å². The summed E-state index contributed by atoms with van der Waals surface area (Å²) in [5, 5.41) is 0. The largest absolute Gasteiger partial charge is 0.441 e. The SMILES string of the molecule is c1ccc(-c2cccnc2-c2ocnc2-c2ccccc2)cc1. The second kappa shape index (κ2) is 5.89. The highest BCUT2D eigenvalue weighted by atomic mass is 16.3. The first-order valence-electron chi connectivity index (χ1n) is 7.43. The van der Waals surface area contributed by atoms with Crippen LogP contribution in [0.15, 0.2) is 89.8 Å². The van der Waals surface area contributed by atoms with Crippen molar-refractivity contribution < 1.29 is 4.42 Å². The molecule has 4 rings (SSSR count). The summed E-state index contributed by atoms with van der Waals surface area (Å²) in [6.07, 6.45) is 3.25. The zero-order chi connectivity index (χ0) is 15.5. The summed E-state index contributed by atoms with van der Waals surface area (Å²) in [4.78, 5) is 8.94. The van der Waals surface area contributed by atoms with Crippen molar-refractivity contribution >= 4 is 0 Å². The van der Waals surface area contributed by atoms with Gasteiger partial charge in [-0.05, 0) is 11.6 Å². The van der Waals surface area contributed by atoms with Crippen molar-refractivity contribution in [1.82, 2.24) is 9.97 Å². The highest BCUT2D eigenvalue weighted by molar-refractivity contribution is 5.84. The molecular formula is C20H14N2O. The lowest BCUT2D eigenvalue weighted by Crippen LogP contribution is -1.90. The standard InChI is InChI=1S/C20H14N2O/c1-3-8-15(9-4-1)17-12-7-13-21-19(17)20-18(22-14-23-20)16-10-5-2-6-11-16/h1-14H. The topological polar surface area (TPSA) is 38.9 Å². The van der Waals surface area contributed by atoms with Gasteiger partial charge >= 0.3 is 0 Å². The van der Waals surface area contributed by atoms with E-state index in [4.69, 9.17) is 4.42 Å². The van der Waals surface area contributed by atoms with Crippen LogP contribution in [0.4, 0.5) is 0 Å². The van der Waals surface area contributed by atoms with Crippen LogP contribution in [-0.2, 0) is 0 Å². The molecule has 0 aliphatic heterocycles. The van der Waals surface area contributed by atoms with Gasteiger partial charge in [0.15, 0.2) is 12.2 Å². The Kier molecular flexibility index (Phi) is 3.45. The minimum atomic E-state index is 0.690. The van der Waals surface area contributed by atoms with Crippen LogP contribution in [0.2, 0.25) is 0 Å². The molecule has 4 aromatic rings. The molecule has 0 saturated carbocycles. The van der Waals surface area contributed by atoms with Gasteiger partial charge in [0.05, 0.1) is 0 Å². The van der Waals surface area contributed by atoms with Gasteiger partial charge in [0.25, 0.3) is 0 Å². The Morgan fingerprint density at radius 3 is 2.04 bits per heavy atom. The third kappa shape index (κ3) is 2.53. The third-order valence-corrected chi connectivity index (χ3v) is 3.72. The number of oxazole rings is 1. The van der Waals surface area contributed by atoms with E-state index in [1.54, 1.807) is 6.20 Å². The average Bonchev–Trinajstić information content (AvgIpc) is 3.13. The Labute approximate surface area is 134 Å². The molecule has 2 aromatic carbocycles. The van der Waals surface area contributed by atoms with E-state index in [9.17, 15) is 0 Å². The Hall–Kier alpha value is -3.20. The van der Waals surface area contributed by atoms with Crippen LogP contribution in [0.5, 0.6) is 0 Å². The summed E-state index contributed by atoms with van der Waals surface area (Å²) >= 11 is 0. The van der Waals surface area contributed by atoms with Crippen LogP contribution in [-0.4, -0.2) is 9.97 Å². The van der Waals surface area contributed by atoms with Crippen molar-refractivity contribution in [1.29, 1.82) is 0 Å². The molecule has 110 valence electrons. The predicted octanol–water partition coefficient (Wildman–Crippen LogP) is 5.07. The molecule has 0 amide bonds. The summed E-state index contributed by atoms with van der Waals surface area (Å²) in [5.74, 6) is 0.690. The number of aromatic nitrogens is 2. The molecule has 23 heavy (non-hydrogen) atoms. The lowest BCUT2D eigenvalue weighted by molar-refractivity contribution is 0.570. The van der Waals surface area contributed by atoms with E-state index in [2.05, 4.69) is 28.2 Å². The zero-order valence-corrected chi connectivity index (χ0v) is 12.4. The number of hydrogen-bond donors (Lipinski definition) is 0. The lowest BCUT2D eigenvalue weighted by atomic mass is 10.0. The second-order valence-electron chi connectivity index (χ2n) is 5.16. The summed E-state index contributed by atoms with van der Waals surface area (Å²) in [6.45, 7) is 0. The zero-order valence-electron chi connectivity index (χ0n) is 12.4. The van der Waals surface area contributed by atoms with Crippen molar-refractivity contribution in [3.05, 3.63) is 85.4 Å². The van der Waals surface area contributed by atoms with Crippen molar-refractivity contribution in [2.75, 3.05) is 0 Å². The molecule has 3 nitrogen and oxygen atoms in total. The maximum Gasteiger partial charge on any atom is 0.182 e. The van der Waals surface area contributed by atoms with E-state index in [1.807, 2.05) is 54.6 Å². The van der Waals surface area contributed by atoms with Crippen molar-refractivity contribution in [3.8, 4) is 33.8 Å². The first-order valence-corrected chi connectivity index (χ1v) is 7.43. The minimum absolute atomic E-state index is 0.690. The molecule has 0 spiro atoms. The molecule has 0 saturated heterocycles. The van der Waals surface area contributed by atoms with Crippen LogP contribution < -0.4 is 0 Å². The Balaban J connectivity index is 1.90. The fraction of sp³-hybridized carbons (Fsp3) is 0. The molecular weight excluding hydrogens is 284 g/mol. The minimum Gasteiger partial charge on any atom is -0.441 e. The molecule has 0 N–H and O–H groups in total. The molecule has 0 radical (unpaired) electrons. The van der Waals surface area contributed by atoms with Gasteiger partial charge in [-0.1, -0.05) is 66.7 Å². The van der Waals surface area contributed by atoms with Crippen molar-refractivity contribution in [3.63, 3.8) is 0 Å². The Morgan fingerprint density at radius 2 is 1.30 bits per heavy atom. The molecule has 0 bridgehead atoms. The molecule has 0 fully saturated rings. The Morgan fingerprint density at radius 1 is 0.609 bits per heavy atom. The number of nitrogens with zero attached hydrogens (tertiary/aromatic N) is 2. The van der Waals surface area contributed by atoms with Crippen LogP contribution >= 0.6 is 0 Å². The van der Waals surface area contributed by atoms with E-state index < -0.39 is 0 Å². The average molecular weight is 298 g/mol. The summed E-state index contributed by atoms with van der Waals surface area (Å²) in [7, 11) is 0. The monoisotopic (exact) mass is 298 g/mol. The van der Waals surface area contributed by atoms with Gasteiger partial charge in [0.1, 0.15) is 11.4 Å². The fourth-order valence-corrected chi connectivity index (χ4v) is 2.65. The molecule has 0 aliphatic rings. The van der Waals surface area contributed by atoms with Gasteiger partial charge in [-0.25, -0.2) is 4.98 Å². The predicted molar refractivity (Wildman–Crippen MR) is 90.6 cm³/mol. The normalized spacial score (nSPS) is 10.6.